The van der Waals surface area contributed by atoms with Crippen molar-refractivity contribution in [2.45, 2.75) is 31.8 Å². The van der Waals surface area contributed by atoms with E-state index in [4.69, 9.17) is 0 Å². The van der Waals surface area contributed by atoms with Gasteiger partial charge in [-0.25, -0.2) is 4.79 Å². The van der Waals surface area contributed by atoms with Gasteiger partial charge >= 0.3 is 6.03 Å². The smallest absolute Gasteiger partial charge is 0.322 e. The molecular formula is C17H23ClN4O3. The van der Waals surface area contributed by atoms with Gasteiger partial charge in [0.1, 0.15) is 5.54 Å². The molecule has 2 heterocycles. The molecule has 2 saturated heterocycles. The average molecular weight is 367 g/mol. The lowest BCUT2D eigenvalue weighted by Crippen LogP contribution is -2.48. The SMILES string of the molecule is CC1CNCCC1NC(=O)c1ccc(C2(C)NC(=O)NC2=O)cc1.Cl. The molecule has 7 nitrogen and oxygen atoms in total. The van der Waals surface area contributed by atoms with Gasteiger partial charge in [-0.1, -0.05) is 19.1 Å². The van der Waals surface area contributed by atoms with Crippen molar-refractivity contribution in [3.8, 4) is 0 Å². The zero-order valence-electron chi connectivity index (χ0n) is 14.2. The van der Waals surface area contributed by atoms with Gasteiger partial charge in [-0.2, -0.15) is 0 Å². The van der Waals surface area contributed by atoms with Crippen molar-refractivity contribution in [1.29, 1.82) is 0 Å². The maximum atomic E-state index is 12.4. The summed E-state index contributed by atoms with van der Waals surface area (Å²) in [6, 6.07) is 6.41. The fourth-order valence-electron chi connectivity index (χ4n) is 3.18. The highest BCUT2D eigenvalue weighted by Gasteiger charge is 2.43. The van der Waals surface area contributed by atoms with Crippen LogP contribution in [0, 0.1) is 5.92 Å². The number of carbonyl (C=O) groups is 3. The number of nitrogens with one attached hydrogen (secondary N) is 4. The molecule has 0 spiro atoms. The zero-order chi connectivity index (χ0) is 17.3. The van der Waals surface area contributed by atoms with Gasteiger partial charge in [-0.05, 0) is 50.0 Å². The van der Waals surface area contributed by atoms with Crippen molar-refractivity contribution in [2.75, 3.05) is 13.1 Å². The summed E-state index contributed by atoms with van der Waals surface area (Å²) in [5.41, 5.74) is 0.0748. The van der Waals surface area contributed by atoms with Crippen molar-refractivity contribution in [1.82, 2.24) is 21.3 Å². The first-order valence-corrected chi connectivity index (χ1v) is 8.16. The Hall–Kier alpha value is -2.12. The summed E-state index contributed by atoms with van der Waals surface area (Å²) in [7, 11) is 0. The van der Waals surface area contributed by atoms with Crippen LogP contribution in [0.4, 0.5) is 4.79 Å². The molecule has 4 amide bonds. The molecule has 2 aliphatic rings. The summed E-state index contributed by atoms with van der Waals surface area (Å²) in [4.78, 5) is 35.7. The number of benzene rings is 1. The second-order valence-corrected chi connectivity index (χ2v) is 6.66. The van der Waals surface area contributed by atoms with E-state index in [1.807, 2.05) is 0 Å². The third-order valence-electron chi connectivity index (χ3n) is 4.87. The number of carbonyl (C=O) groups excluding carboxylic acids is 3. The van der Waals surface area contributed by atoms with Gasteiger partial charge < -0.3 is 16.0 Å². The van der Waals surface area contributed by atoms with E-state index in [0.717, 1.165) is 19.5 Å². The van der Waals surface area contributed by atoms with Crippen molar-refractivity contribution >= 4 is 30.3 Å². The van der Waals surface area contributed by atoms with E-state index in [1.165, 1.54) is 0 Å². The molecule has 3 unspecified atom stereocenters. The lowest BCUT2D eigenvalue weighted by atomic mass is 9.91. The Morgan fingerprint density at radius 1 is 1.24 bits per heavy atom. The molecular weight excluding hydrogens is 344 g/mol. The average Bonchev–Trinajstić information content (AvgIpc) is 2.83. The van der Waals surface area contributed by atoms with Crippen LogP contribution in [0.2, 0.25) is 0 Å². The molecule has 136 valence electrons. The third kappa shape index (κ3) is 3.77. The molecule has 3 atom stereocenters. The molecule has 25 heavy (non-hydrogen) atoms. The lowest BCUT2D eigenvalue weighted by Gasteiger charge is -2.30. The van der Waals surface area contributed by atoms with Crippen molar-refractivity contribution in [3.63, 3.8) is 0 Å². The van der Waals surface area contributed by atoms with E-state index >= 15 is 0 Å². The molecule has 8 heteroatoms. The molecule has 0 aliphatic carbocycles. The van der Waals surface area contributed by atoms with Crippen LogP contribution >= 0.6 is 12.4 Å². The van der Waals surface area contributed by atoms with Crippen LogP contribution in [0.5, 0.6) is 0 Å². The Balaban J connectivity index is 0.00000225. The zero-order valence-corrected chi connectivity index (χ0v) is 15.0. The van der Waals surface area contributed by atoms with Gasteiger partial charge in [0.25, 0.3) is 11.8 Å². The number of hydrogen-bond acceptors (Lipinski definition) is 4. The number of imide groups is 1. The van der Waals surface area contributed by atoms with Crippen LogP contribution < -0.4 is 21.3 Å². The minimum Gasteiger partial charge on any atom is -0.349 e. The molecule has 1 aromatic carbocycles. The van der Waals surface area contributed by atoms with E-state index < -0.39 is 17.5 Å². The Bertz CT molecular complexity index is 679. The quantitative estimate of drug-likeness (QED) is 0.597. The van der Waals surface area contributed by atoms with Crippen LogP contribution in [0.25, 0.3) is 0 Å². The number of amides is 4. The molecule has 3 rings (SSSR count). The Morgan fingerprint density at radius 3 is 2.48 bits per heavy atom. The minimum absolute atomic E-state index is 0. The lowest BCUT2D eigenvalue weighted by molar-refractivity contribution is -0.123. The van der Waals surface area contributed by atoms with Gasteiger partial charge in [-0.15, -0.1) is 12.4 Å². The second-order valence-electron chi connectivity index (χ2n) is 6.66. The normalized spacial score (nSPS) is 28.6. The molecule has 0 aromatic heterocycles. The number of piperidine rings is 1. The Morgan fingerprint density at radius 2 is 1.92 bits per heavy atom. The van der Waals surface area contributed by atoms with E-state index in [2.05, 4.69) is 28.2 Å². The predicted octanol–water partition coefficient (Wildman–Crippen LogP) is 0.891. The van der Waals surface area contributed by atoms with Gasteiger partial charge in [0.2, 0.25) is 0 Å². The highest BCUT2D eigenvalue weighted by molar-refractivity contribution is 6.07. The first-order valence-electron chi connectivity index (χ1n) is 8.16. The summed E-state index contributed by atoms with van der Waals surface area (Å²) < 4.78 is 0. The largest absolute Gasteiger partial charge is 0.349 e. The monoisotopic (exact) mass is 366 g/mol. The van der Waals surface area contributed by atoms with E-state index in [9.17, 15) is 14.4 Å². The first-order chi connectivity index (χ1) is 11.4. The standard InChI is InChI=1S/C17H22N4O3.ClH/c1-10-9-18-8-7-13(10)19-14(22)11-3-5-12(6-4-11)17(2)15(23)20-16(24)21-17;/h3-6,10,13,18H,7-9H2,1-2H3,(H,19,22)(H2,20,21,23,24);1H. The molecule has 2 fully saturated rings. The van der Waals surface area contributed by atoms with Crippen molar-refractivity contribution in [3.05, 3.63) is 35.4 Å². The van der Waals surface area contributed by atoms with Crippen LogP contribution in [-0.4, -0.2) is 37.0 Å². The van der Waals surface area contributed by atoms with Crippen LogP contribution in [0.3, 0.4) is 0 Å². The topological polar surface area (TPSA) is 99.3 Å². The molecule has 4 N–H and O–H groups in total. The molecule has 1 aromatic rings. The maximum Gasteiger partial charge on any atom is 0.322 e. The summed E-state index contributed by atoms with van der Waals surface area (Å²) in [6.07, 6.45) is 0.912. The summed E-state index contributed by atoms with van der Waals surface area (Å²) in [6.45, 7) is 5.56. The van der Waals surface area contributed by atoms with E-state index in [0.29, 0.717) is 17.0 Å². The number of rotatable bonds is 3. The fourth-order valence-corrected chi connectivity index (χ4v) is 3.18. The maximum absolute atomic E-state index is 12.4. The van der Waals surface area contributed by atoms with Crippen LogP contribution in [0.15, 0.2) is 24.3 Å². The number of halogens is 1. The predicted molar refractivity (Wildman–Crippen MR) is 95.6 cm³/mol. The summed E-state index contributed by atoms with van der Waals surface area (Å²) in [5, 5.41) is 11.2. The third-order valence-corrected chi connectivity index (χ3v) is 4.87. The number of hydrogen-bond donors (Lipinski definition) is 4. The van der Waals surface area contributed by atoms with Gasteiger partial charge in [-0.3, -0.25) is 14.9 Å². The van der Waals surface area contributed by atoms with Gasteiger partial charge in [0, 0.05) is 11.6 Å². The molecule has 0 saturated carbocycles. The first kappa shape index (κ1) is 19.2. The van der Waals surface area contributed by atoms with E-state index in [1.54, 1.807) is 31.2 Å². The second kappa shape index (κ2) is 7.41. The van der Waals surface area contributed by atoms with Gasteiger partial charge in [0.15, 0.2) is 0 Å². The highest BCUT2D eigenvalue weighted by atomic mass is 35.5. The van der Waals surface area contributed by atoms with Crippen LogP contribution in [-0.2, 0) is 10.3 Å². The Kier molecular flexibility index (Phi) is 5.69. The molecule has 0 bridgehead atoms. The summed E-state index contributed by atoms with van der Waals surface area (Å²) >= 11 is 0. The highest BCUT2D eigenvalue weighted by Crippen LogP contribution is 2.24. The summed E-state index contributed by atoms with van der Waals surface area (Å²) in [5.74, 6) is -0.128. The molecule has 2 aliphatic heterocycles. The Labute approximate surface area is 152 Å². The fraction of sp³-hybridized carbons (Fsp3) is 0.471. The molecule has 0 radical (unpaired) electrons. The van der Waals surface area contributed by atoms with Crippen LogP contribution in [0.1, 0.15) is 36.2 Å². The number of urea groups is 1. The van der Waals surface area contributed by atoms with Crippen molar-refractivity contribution in [2.24, 2.45) is 5.92 Å². The minimum atomic E-state index is -1.10. The van der Waals surface area contributed by atoms with Crippen molar-refractivity contribution < 1.29 is 14.4 Å². The van der Waals surface area contributed by atoms with Gasteiger partial charge in [0.05, 0.1) is 0 Å². The van der Waals surface area contributed by atoms with E-state index in [-0.39, 0.29) is 24.4 Å².